The van der Waals surface area contributed by atoms with Crippen LogP contribution >= 0.6 is 0 Å². The summed E-state index contributed by atoms with van der Waals surface area (Å²) in [6, 6.07) is 11.6. The molecule has 0 saturated carbocycles. The Morgan fingerprint density at radius 1 is 0.857 bits per heavy atom. The lowest BCUT2D eigenvalue weighted by molar-refractivity contribution is -0.134. The molecule has 0 spiro atoms. The molecule has 3 rings (SSSR count). The predicted octanol–water partition coefficient (Wildman–Crippen LogP) is 3.28. The van der Waals surface area contributed by atoms with E-state index >= 15 is 0 Å². The third kappa shape index (κ3) is 4.35. The second kappa shape index (κ2) is 8.46. The van der Waals surface area contributed by atoms with Crippen LogP contribution in [0.4, 0.5) is 0 Å². The zero-order valence-corrected chi connectivity index (χ0v) is 17.1. The van der Waals surface area contributed by atoms with E-state index in [0.29, 0.717) is 31.7 Å². The van der Waals surface area contributed by atoms with Crippen LogP contribution in [0.15, 0.2) is 36.4 Å². The average molecular weight is 380 g/mol. The van der Waals surface area contributed by atoms with Crippen LogP contribution in [-0.4, -0.2) is 54.4 Å². The molecule has 28 heavy (non-hydrogen) atoms. The molecule has 1 aliphatic rings. The lowest BCUT2D eigenvalue weighted by Gasteiger charge is -2.34. The van der Waals surface area contributed by atoms with Gasteiger partial charge in [-0.2, -0.15) is 0 Å². The Bertz CT molecular complexity index is 883. The van der Waals surface area contributed by atoms with E-state index in [-0.39, 0.29) is 18.4 Å². The SMILES string of the molecule is Cc1ccc(C(=O)N2CCN(C(=O)COc3cccc(C)c3C)CC2)cc1C. The highest BCUT2D eigenvalue weighted by Gasteiger charge is 2.25. The van der Waals surface area contributed by atoms with E-state index in [1.165, 1.54) is 5.56 Å². The molecule has 0 aliphatic carbocycles. The van der Waals surface area contributed by atoms with Gasteiger partial charge in [0.1, 0.15) is 5.75 Å². The molecule has 0 radical (unpaired) electrons. The van der Waals surface area contributed by atoms with Crippen LogP contribution < -0.4 is 4.74 Å². The van der Waals surface area contributed by atoms with Crippen molar-refractivity contribution in [1.29, 1.82) is 0 Å². The fraction of sp³-hybridized carbons (Fsp3) is 0.391. The van der Waals surface area contributed by atoms with Gasteiger partial charge in [-0.15, -0.1) is 0 Å². The summed E-state index contributed by atoms with van der Waals surface area (Å²) in [7, 11) is 0. The minimum atomic E-state index is -0.0424. The topological polar surface area (TPSA) is 49.9 Å². The molecular formula is C23H28N2O3. The van der Waals surface area contributed by atoms with E-state index in [4.69, 9.17) is 4.74 Å². The summed E-state index contributed by atoms with van der Waals surface area (Å²) in [6.45, 7) is 10.2. The molecule has 148 valence electrons. The van der Waals surface area contributed by atoms with Crippen LogP contribution in [-0.2, 0) is 4.79 Å². The fourth-order valence-electron chi connectivity index (χ4n) is 3.33. The van der Waals surface area contributed by atoms with Crippen LogP contribution in [0.1, 0.15) is 32.6 Å². The number of carbonyl (C=O) groups is 2. The second-order valence-electron chi connectivity index (χ2n) is 7.46. The smallest absolute Gasteiger partial charge is 0.260 e. The molecule has 0 bridgehead atoms. The van der Waals surface area contributed by atoms with Crippen molar-refractivity contribution in [2.24, 2.45) is 0 Å². The summed E-state index contributed by atoms with van der Waals surface area (Å²) in [4.78, 5) is 28.8. The minimum absolute atomic E-state index is 0.0232. The largest absolute Gasteiger partial charge is 0.483 e. The normalized spacial score (nSPS) is 14.1. The van der Waals surface area contributed by atoms with Crippen molar-refractivity contribution in [1.82, 2.24) is 9.80 Å². The van der Waals surface area contributed by atoms with Crippen LogP contribution in [0.25, 0.3) is 0 Å². The molecule has 1 saturated heterocycles. The van der Waals surface area contributed by atoms with Crippen molar-refractivity contribution in [2.45, 2.75) is 27.7 Å². The van der Waals surface area contributed by atoms with E-state index < -0.39 is 0 Å². The Hall–Kier alpha value is -2.82. The Labute approximate surface area is 166 Å². The number of hydrogen-bond donors (Lipinski definition) is 0. The van der Waals surface area contributed by atoms with Crippen LogP contribution in [0, 0.1) is 27.7 Å². The number of benzene rings is 2. The Kier molecular flexibility index (Phi) is 6.02. The molecule has 1 heterocycles. The second-order valence-corrected chi connectivity index (χ2v) is 7.46. The van der Waals surface area contributed by atoms with Crippen molar-refractivity contribution < 1.29 is 14.3 Å². The maximum Gasteiger partial charge on any atom is 0.260 e. The lowest BCUT2D eigenvalue weighted by Crippen LogP contribution is -2.51. The van der Waals surface area contributed by atoms with E-state index in [2.05, 4.69) is 0 Å². The lowest BCUT2D eigenvalue weighted by atomic mass is 10.1. The zero-order chi connectivity index (χ0) is 20.3. The van der Waals surface area contributed by atoms with E-state index in [0.717, 1.165) is 22.4 Å². The molecule has 0 atom stereocenters. The van der Waals surface area contributed by atoms with Gasteiger partial charge in [-0.1, -0.05) is 18.2 Å². The van der Waals surface area contributed by atoms with Gasteiger partial charge in [0.05, 0.1) is 0 Å². The number of rotatable bonds is 4. The molecular weight excluding hydrogens is 352 g/mol. The number of hydrogen-bond acceptors (Lipinski definition) is 3. The van der Waals surface area contributed by atoms with Gasteiger partial charge in [0, 0.05) is 31.7 Å². The highest BCUT2D eigenvalue weighted by atomic mass is 16.5. The molecule has 2 aromatic rings. The first-order valence-corrected chi connectivity index (χ1v) is 9.70. The minimum Gasteiger partial charge on any atom is -0.483 e. The number of amides is 2. The molecule has 2 aromatic carbocycles. The summed E-state index contributed by atoms with van der Waals surface area (Å²) in [6.07, 6.45) is 0. The van der Waals surface area contributed by atoms with E-state index in [9.17, 15) is 9.59 Å². The number of ether oxygens (including phenoxy) is 1. The predicted molar refractivity (Wildman–Crippen MR) is 110 cm³/mol. The number of nitrogens with zero attached hydrogens (tertiary/aromatic N) is 2. The van der Waals surface area contributed by atoms with Crippen molar-refractivity contribution >= 4 is 11.8 Å². The van der Waals surface area contributed by atoms with Gasteiger partial charge in [-0.05, 0) is 68.1 Å². The molecule has 5 nitrogen and oxygen atoms in total. The standard InChI is InChI=1S/C23H28N2O3/c1-16-8-9-20(14-18(16)3)23(27)25-12-10-24(11-13-25)22(26)15-28-21-7-5-6-17(2)19(21)4/h5-9,14H,10-13,15H2,1-4H3. The number of aryl methyl sites for hydroxylation is 3. The highest BCUT2D eigenvalue weighted by molar-refractivity contribution is 5.94. The van der Waals surface area contributed by atoms with Gasteiger partial charge < -0.3 is 14.5 Å². The monoisotopic (exact) mass is 380 g/mol. The first kappa shape index (κ1) is 19.9. The summed E-state index contributed by atoms with van der Waals surface area (Å²) in [5, 5.41) is 0. The number of piperazine rings is 1. The molecule has 2 amide bonds. The summed E-state index contributed by atoms with van der Waals surface area (Å²) < 4.78 is 5.73. The van der Waals surface area contributed by atoms with E-state index in [1.807, 2.05) is 69.0 Å². The summed E-state index contributed by atoms with van der Waals surface area (Å²) >= 11 is 0. The van der Waals surface area contributed by atoms with E-state index in [1.54, 1.807) is 4.90 Å². The van der Waals surface area contributed by atoms with Gasteiger partial charge in [0.15, 0.2) is 6.61 Å². The van der Waals surface area contributed by atoms with Crippen LogP contribution in [0.5, 0.6) is 5.75 Å². The molecule has 0 N–H and O–H groups in total. The van der Waals surface area contributed by atoms with Gasteiger partial charge in [0.25, 0.3) is 11.8 Å². The van der Waals surface area contributed by atoms with Gasteiger partial charge in [-0.25, -0.2) is 0 Å². The Morgan fingerprint density at radius 2 is 1.54 bits per heavy atom. The first-order chi connectivity index (χ1) is 13.4. The van der Waals surface area contributed by atoms with Gasteiger partial charge in [-0.3, -0.25) is 9.59 Å². The third-order valence-corrected chi connectivity index (χ3v) is 5.58. The fourth-order valence-corrected chi connectivity index (χ4v) is 3.33. The Morgan fingerprint density at radius 3 is 2.21 bits per heavy atom. The van der Waals surface area contributed by atoms with Crippen molar-refractivity contribution in [3.8, 4) is 5.75 Å². The van der Waals surface area contributed by atoms with Crippen molar-refractivity contribution in [3.05, 3.63) is 64.2 Å². The van der Waals surface area contributed by atoms with Crippen LogP contribution in [0.3, 0.4) is 0 Å². The van der Waals surface area contributed by atoms with Gasteiger partial charge >= 0.3 is 0 Å². The first-order valence-electron chi connectivity index (χ1n) is 9.70. The summed E-state index contributed by atoms with van der Waals surface area (Å²) in [5.74, 6) is 0.734. The molecule has 1 aliphatic heterocycles. The quantitative estimate of drug-likeness (QED) is 0.818. The number of carbonyl (C=O) groups excluding carboxylic acids is 2. The molecule has 0 unspecified atom stereocenters. The Balaban J connectivity index is 1.53. The molecule has 1 fully saturated rings. The average Bonchev–Trinajstić information content (AvgIpc) is 2.70. The third-order valence-electron chi connectivity index (χ3n) is 5.58. The maximum absolute atomic E-state index is 12.7. The molecule has 0 aromatic heterocycles. The zero-order valence-electron chi connectivity index (χ0n) is 17.1. The van der Waals surface area contributed by atoms with Gasteiger partial charge in [0.2, 0.25) is 0 Å². The summed E-state index contributed by atoms with van der Waals surface area (Å²) in [5.41, 5.74) is 5.20. The van der Waals surface area contributed by atoms with Crippen molar-refractivity contribution in [3.63, 3.8) is 0 Å². The van der Waals surface area contributed by atoms with Crippen LogP contribution in [0.2, 0.25) is 0 Å². The molecule has 5 heteroatoms. The highest BCUT2D eigenvalue weighted by Crippen LogP contribution is 2.20. The maximum atomic E-state index is 12.7. The van der Waals surface area contributed by atoms with Crippen molar-refractivity contribution in [2.75, 3.05) is 32.8 Å².